The molecule has 0 unspecified atom stereocenters. The van der Waals surface area contributed by atoms with E-state index in [4.69, 9.17) is 22.2 Å². The summed E-state index contributed by atoms with van der Waals surface area (Å²) >= 11 is 5.98. The lowest BCUT2D eigenvalue weighted by atomic mass is 10.0. The van der Waals surface area contributed by atoms with Gasteiger partial charge in [-0.05, 0) is 19.9 Å². The van der Waals surface area contributed by atoms with Gasteiger partial charge in [0.1, 0.15) is 0 Å². The summed E-state index contributed by atoms with van der Waals surface area (Å²) in [6, 6.07) is 1.57. The minimum absolute atomic E-state index is 0.105. The summed E-state index contributed by atoms with van der Waals surface area (Å²) in [6.45, 7) is 5.55. The van der Waals surface area contributed by atoms with Crippen LogP contribution in [0.25, 0.3) is 0 Å². The Morgan fingerprint density at radius 3 is 2.95 bits per heavy atom. The van der Waals surface area contributed by atoms with E-state index >= 15 is 0 Å². The van der Waals surface area contributed by atoms with Crippen molar-refractivity contribution in [1.29, 1.82) is 0 Å². The lowest BCUT2D eigenvalue weighted by Gasteiger charge is -2.42. The van der Waals surface area contributed by atoms with E-state index in [2.05, 4.69) is 10.4 Å². The molecule has 3 N–H and O–H groups in total. The Bertz CT molecular complexity index is 493. The van der Waals surface area contributed by atoms with Crippen LogP contribution in [-0.4, -0.2) is 41.1 Å². The fourth-order valence-electron chi connectivity index (χ4n) is 2.05. The molecule has 1 aliphatic rings. The summed E-state index contributed by atoms with van der Waals surface area (Å²) in [6.07, 6.45) is 1.47. The molecule has 1 saturated heterocycles. The van der Waals surface area contributed by atoms with E-state index in [-0.39, 0.29) is 11.4 Å². The summed E-state index contributed by atoms with van der Waals surface area (Å²) in [5, 5.41) is 0.319. The molecule has 19 heavy (non-hydrogen) atoms. The predicted molar refractivity (Wildman–Crippen MR) is 73.0 cm³/mol. The van der Waals surface area contributed by atoms with Crippen LogP contribution in [0.2, 0.25) is 5.02 Å². The molecule has 0 atom stereocenters. The Balaban J connectivity index is 2.26. The van der Waals surface area contributed by atoms with Crippen LogP contribution in [0.15, 0.2) is 12.3 Å². The molecular formula is C12H17ClN4O2. The zero-order valence-corrected chi connectivity index (χ0v) is 11.7. The first-order chi connectivity index (χ1) is 8.95. The quantitative estimate of drug-likeness (QED) is 0.631. The van der Waals surface area contributed by atoms with Crippen LogP contribution in [-0.2, 0) is 4.74 Å². The number of morpholine rings is 1. The first-order valence-electron chi connectivity index (χ1n) is 5.97. The molecule has 0 aliphatic carbocycles. The van der Waals surface area contributed by atoms with E-state index < -0.39 is 0 Å². The number of ether oxygens (including phenoxy) is 1. The molecule has 0 saturated carbocycles. The number of nitrogens with two attached hydrogens (primary N) is 1. The van der Waals surface area contributed by atoms with Crippen LogP contribution in [0.3, 0.4) is 0 Å². The van der Waals surface area contributed by atoms with E-state index in [0.29, 0.717) is 36.2 Å². The number of nitrogen functional groups attached to an aromatic ring is 1. The number of rotatable bonds is 2. The van der Waals surface area contributed by atoms with Crippen LogP contribution in [0.5, 0.6) is 0 Å². The van der Waals surface area contributed by atoms with Gasteiger partial charge < -0.3 is 15.1 Å². The Morgan fingerprint density at radius 1 is 1.63 bits per heavy atom. The highest BCUT2D eigenvalue weighted by atomic mass is 35.5. The van der Waals surface area contributed by atoms with Crippen molar-refractivity contribution in [3.8, 4) is 0 Å². The third-order valence-corrected chi connectivity index (χ3v) is 3.40. The zero-order valence-electron chi connectivity index (χ0n) is 10.9. The maximum absolute atomic E-state index is 12.5. The van der Waals surface area contributed by atoms with Gasteiger partial charge in [0.05, 0.1) is 29.3 Å². The van der Waals surface area contributed by atoms with Gasteiger partial charge in [0.25, 0.3) is 5.91 Å². The molecule has 0 aromatic carbocycles. The van der Waals surface area contributed by atoms with Gasteiger partial charge in [-0.2, -0.15) is 0 Å². The highest BCUT2D eigenvalue weighted by Crippen LogP contribution is 2.24. The number of nitrogens with one attached hydrogen (secondary N) is 1. The number of carbonyl (C=O) groups excluding carboxylic acids is 1. The van der Waals surface area contributed by atoms with Crippen molar-refractivity contribution < 1.29 is 9.53 Å². The van der Waals surface area contributed by atoms with Crippen molar-refractivity contribution in [2.45, 2.75) is 19.4 Å². The van der Waals surface area contributed by atoms with Gasteiger partial charge in [0, 0.05) is 12.7 Å². The monoisotopic (exact) mass is 284 g/mol. The number of anilines is 1. The fraction of sp³-hybridized carbons (Fsp3) is 0.500. The number of amides is 1. The number of hydrogen-bond acceptors (Lipinski definition) is 5. The number of carbonyl (C=O) groups is 1. The lowest BCUT2D eigenvalue weighted by molar-refractivity contribution is -0.0370. The van der Waals surface area contributed by atoms with Gasteiger partial charge >= 0.3 is 0 Å². The Morgan fingerprint density at radius 2 is 2.37 bits per heavy atom. The maximum atomic E-state index is 12.5. The second-order valence-corrected chi connectivity index (χ2v) is 5.43. The molecule has 0 bridgehead atoms. The lowest BCUT2D eigenvalue weighted by Crippen LogP contribution is -2.55. The van der Waals surface area contributed by atoms with E-state index in [1.807, 2.05) is 13.8 Å². The van der Waals surface area contributed by atoms with Gasteiger partial charge in [-0.3, -0.25) is 4.79 Å². The van der Waals surface area contributed by atoms with Crippen molar-refractivity contribution in [1.82, 2.24) is 9.88 Å². The fourth-order valence-corrected chi connectivity index (χ4v) is 2.27. The molecule has 1 aliphatic heterocycles. The number of halogens is 1. The second-order valence-electron chi connectivity index (χ2n) is 5.02. The van der Waals surface area contributed by atoms with E-state index in [1.54, 1.807) is 11.0 Å². The minimum atomic E-state index is -0.341. The number of nitrogens with zero attached hydrogens (tertiary/aromatic N) is 2. The summed E-state index contributed by atoms with van der Waals surface area (Å²) in [5.41, 5.74) is 2.47. The minimum Gasteiger partial charge on any atom is -0.377 e. The first kappa shape index (κ1) is 14.0. The third kappa shape index (κ3) is 2.80. The maximum Gasteiger partial charge on any atom is 0.256 e. The van der Waals surface area contributed by atoms with E-state index in [0.717, 1.165) is 0 Å². The molecular weight excluding hydrogens is 268 g/mol. The summed E-state index contributed by atoms with van der Waals surface area (Å²) in [7, 11) is 0. The molecule has 104 valence electrons. The number of hydrazine groups is 1. The molecule has 0 spiro atoms. The normalized spacial score (nSPS) is 18.2. The average molecular weight is 285 g/mol. The van der Waals surface area contributed by atoms with Crippen LogP contribution in [0, 0.1) is 0 Å². The van der Waals surface area contributed by atoms with Gasteiger partial charge in [0.15, 0.2) is 5.82 Å². The summed E-state index contributed by atoms with van der Waals surface area (Å²) < 4.78 is 5.40. The van der Waals surface area contributed by atoms with E-state index in [1.165, 1.54) is 6.20 Å². The smallest absolute Gasteiger partial charge is 0.256 e. The molecule has 1 aromatic heterocycles. The number of aromatic nitrogens is 1. The molecule has 1 amide bonds. The number of pyridine rings is 1. The zero-order chi connectivity index (χ0) is 14.0. The molecule has 0 radical (unpaired) electrons. The Kier molecular flexibility index (Phi) is 3.93. The second kappa shape index (κ2) is 5.32. The largest absolute Gasteiger partial charge is 0.377 e. The molecule has 6 nitrogen and oxygen atoms in total. The highest BCUT2D eigenvalue weighted by molar-refractivity contribution is 6.33. The van der Waals surface area contributed by atoms with Gasteiger partial charge in [-0.15, -0.1) is 0 Å². The molecule has 1 fully saturated rings. The van der Waals surface area contributed by atoms with Crippen LogP contribution >= 0.6 is 11.6 Å². The van der Waals surface area contributed by atoms with Gasteiger partial charge in [-0.25, -0.2) is 10.8 Å². The van der Waals surface area contributed by atoms with Crippen molar-refractivity contribution in [2.24, 2.45) is 5.84 Å². The van der Waals surface area contributed by atoms with Crippen LogP contribution in [0.1, 0.15) is 24.2 Å². The topological polar surface area (TPSA) is 80.5 Å². The molecule has 7 heteroatoms. The Hall–Kier alpha value is -1.37. The SMILES string of the molecule is CC1(C)COCCN1C(=O)c1cnc(NN)c(Cl)c1. The molecule has 2 rings (SSSR count). The van der Waals surface area contributed by atoms with Crippen LogP contribution in [0.4, 0.5) is 5.82 Å². The number of hydrogen-bond donors (Lipinski definition) is 2. The standard InChI is InChI=1S/C12H17ClN4O2/c1-12(2)7-19-4-3-17(12)11(18)8-5-9(13)10(16-14)15-6-8/h5-6H,3-4,7,14H2,1-2H3,(H,15,16). The van der Waals surface area contributed by atoms with Gasteiger partial charge in [0.2, 0.25) is 0 Å². The summed E-state index contributed by atoms with van der Waals surface area (Å²) in [4.78, 5) is 18.3. The first-order valence-corrected chi connectivity index (χ1v) is 6.35. The molecule has 1 aromatic rings. The van der Waals surface area contributed by atoms with Gasteiger partial charge in [-0.1, -0.05) is 11.6 Å². The van der Waals surface area contributed by atoms with E-state index in [9.17, 15) is 4.79 Å². The van der Waals surface area contributed by atoms with Crippen molar-refractivity contribution in [3.05, 3.63) is 22.8 Å². The third-order valence-electron chi connectivity index (χ3n) is 3.12. The average Bonchev–Trinajstić information content (AvgIpc) is 2.37. The van der Waals surface area contributed by atoms with Crippen molar-refractivity contribution >= 4 is 23.3 Å². The Labute approximate surface area is 116 Å². The highest BCUT2D eigenvalue weighted by Gasteiger charge is 2.34. The molecule has 2 heterocycles. The van der Waals surface area contributed by atoms with Crippen molar-refractivity contribution in [3.63, 3.8) is 0 Å². The predicted octanol–water partition coefficient (Wildman–Crippen LogP) is 1.27. The van der Waals surface area contributed by atoms with Crippen molar-refractivity contribution in [2.75, 3.05) is 25.2 Å². The summed E-state index contributed by atoms with van der Waals surface area (Å²) in [5.74, 6) is 5.50. The van der Waals surface area contributed by atoms with Crippen LogP contribution < -0.4 is 11.3 Å².